The zero-order chi connectivity index (χ0) is 14.0. The van der Waals surface area contributed by atoms with Crippen LogP contribution in [0, 0.1) is 5.82 Å². The molecule has 0 aliphatic rings. The molecule has 1 aromatic heterocycles. The van der Waals surface area contributed by atoms with Crippen LogP contribution in [-0.2, 0) is 0 Å². The minimum absolute atomic E-state index is 0.128. The molecule has 1 amide bonds. The highest BCUT2D eigenvalue weighted by molar-refractivity contribution is 6.31. The Bertz CT molecular complexity index is 616. The summed E-state index contributed by atoms with van der Waals surface area (Å²) in [5, 5.41) is 0.468. The maximum absolute atomic E-state index is 12.8. The van der Waals surface area contributed by atoms with Gasteiger partial charge in [0, 0.05) is 12.1 Å². The molecule has 0 bridgehead atoms. The topological polar surface area (TPSA) is 59.2 Å². The van der Waals surface area contributed by atoms with Gasteiger partial charge in [0.05, 0.1) is 17.6 Å². The first-order valence-electron chi connectivity index (χ1n) is 5.43. The van der Waals surface area contributed by atoms with Gasteiger partial charge in [-0.15, -0.1) is 0 Å². The third-order valence-corrected chi connectivity index (χ3v) is 2.84. The van der Waals surface area contributed by atoms with E-state index in [4.69, 9.17) is 17.3 Å². The van der Waals surface area contributed by atoms with Crippen LogP contribution >= 0.6 is 11.6 Å². The van der Waals surface area contributed by atoms with Gasteiger partial charge in [-0.25, -0.2) is 9.37 Å². The molecule has 0 saturated carbocycles. The summed E-state index contributed by atoms with van der Waals surface area (Å²) in [5.74, 6) is -0.893. The highest BCUT2D eigenvalue weighted by Gasteiger charge is 2.17. The van der Waals surface area contributed by atoms with Gasteiger partial charge in [0.2, 0.25) is 0 Å². The average molecular weight is 280 g/mol. The Morgan fingerprint density at radius 2 is 2.11 bits per heavy atom. The number of nitrogens with two attached hydrogens (primary N) is 1. The standard InChI is InChI=1S/C13H11ClFN3O/c1-18(12-6-8(14)2-4-10(12)16)13(19)11-5-3-9(15)7-17-11/h2-7H,16H2,1H3. The predicted octanol–water partition coefficient (Wildman–Crippen LogP) is 2.73. The molecule has 0 saturated heterocycles. The number of aromatic nitrogens is 1. The van der Waals surface area contributed by atoms with Crippen molar-refractivity contribution < 1.29 is 9.18 Å². The zero-order valence-corrected chi connectivity index (χ0v) is 10.9. The van der Waals surface area contributed by atoms with Crippen LogP contribution in [0.25, 0.3) is 0 Å². The molecule has 0 radical (unpaired) electrons. The molecular weight excluding hydrogens is 269 g/mol. The maximum Gasteiger partial charge on any atom is 0.276 e. The van der Waals surface area contributed by atoms with Crippen molar-refractivity contribution in [3.8, 4) is 0 Å². The molecular formula is C13H11ClFN3O. The van der Waals surface area contributed by atoms with E-state index in [1.54, 1.807) is 25.2 Å². The number of benzene rings is 1. The van der Waals surface area contributed by atoms with Gasteiger partial charge in [0.25, 0.3) is 5.91 Å². The van der Waals surface area contributed by atoms with E-state index in [0.29, 0.717) is 16.4 Å². The van der Waals surface area contributed by atoms with E-state index in [0.717, 1.165) is 6.20 Å². The van der Waals surface area contributed by atoms with Crippen molar-refractivity contribution in [1.29, 1.82) is 0 Å². The van der Waals surface area contributed by atoms with E-state index in [1.165, 1.54) is 17.0 Å². The fourth-order valence-corrected chi connectivity index (χ4v) is 1.76. The Labute approximate surface area is 114 Å². The van der Waals surface area contributed by atoms with Crippen LogP contribution in [0.2, 0.25) is 5.02 Å². The lowest BCUT2D eigenvalue weighted by molar-refractivity contribution is 0.0988. The quantitative estimate of drug-likeness (QED) is 0.860. The summed E-state index contributed by atoms with van der Waals surface area (Å²) >= 11 is 5.87. The van der Waals surface area contributed by atoms with Crippen molar-refractivity contribution in [2.75, 3.05) is 17.7 Å². The van der Waals surface area contributed by atoms with Gasteiger partial charge in [-0.05, 0) is 30.3 Å². The molecule has 98 valence electrons. The number of nitrogen functional groups attached to an aromatic ring is 1. The van der Waals surface area contributed by atoms with Gasteiger partial charge in [0.1, 0.15) is 11.5 Å². The van der Waals surface area contributed by atoms with Crippen molar-refractivity contribution >= 4 is 28.9 Å². The monoisotopic (exact) mass is 279 g/mol. The summed E-state index contributed by atoms with van der Waals surface area (Å²) in [4.78, 5) is 17.2. The van der Waals surface area contributed by atoms with Crippen LogP contribution in [0.1, 0.15) is 10.5 Å². The number of hydrogen-bond donors (Lipinski definition) is 1. The molecule has 2 rings (SSSR count). The summed E-state index contributed by atoms with van der Waals surface area (Å²) in [5.41, 5.74) is 6.82. The number of amides is 1. The van der Waals surface area contributed by atoms with Crippen molar-refractivity contribution in [3.63, 3.8) is 0 Å². The largest absolute Gasteiger partial charge is 0.397 e. The van der Waals surface area contributed by atoms with Gasteiger partial charge < -0.3 is 10.6 Å². The summed E-state index contributed by atoms with van der Waals surface area (Å²) < 4.78 is 12.8. The Kier molecular flexibility index (Phi) is 3.66. The number of hydrogen-bond acceptors (Lipinski definition) is 3. The summed E-state index contributed by atoms with van der Waals surface area (Å²) in [6.07, 6.45) is 0.988. The summed E-state index contributed by atoms with van der Waals surface area (Å²) in [7, 11) is 1.55. The van der Waals surface area contributed by atoms with E-state index in [-0.39, 0.29) is 5.69 Å². The highest BCUT2D eigenvalue weighted by Crippen LogP contribution is 2.26. The number of halogens is 2. The molecule has 1 aromatic carbocycles. The number of rotatable bonds is 2. The number of carbonyl (C=O) groups excluding carboxylic acids is 1. The zero-order valence-electron chi connectivity index (χ0n) is 10.1. The van der Waals surface area contributed by atoms with E-state index in [1.807, 2.05) is 0 Å². The molecule has 19 heavy (non-hydrogen) atoms. The first kappa shape index (κ1) is 13.3. The maximum atomic E-state index is 12.8. The molecule has 0 atom stereocenters. The fraction of sp³-hybridized carbons (Fsp3) is 0.0769. The van der Waals surface area contributed by atoms with Crippen molar-refractivity contribution in [3.05, 3.63) is 53.1 Å². The molecule has 0 aliphatic carbocycles. The van der Waals surface area contributed by atoms with Crippen LogP contribution in [0.4, 0.5) is 15.8 Å². The van der Waals surface area contributed by atoms with Gasteiger partial charge >= 0.3 is 0 Å². The first-order valence-corrected chi connectivity index (χ1v) is 5.81. The van der Waals surface area contributed by atoms with E-state index in [9.17, 15) is 9.18 Å². The Morgan fingerprint density at radius 3 is 2.74 bits per heavy atom. The van der Waals surface area contributed by atoms with Crippen molar-refractivity contribution in [1.82, 2.24) is 4.98 Å². The molecule has 0 unspecified atom stereocenters. The first-order chi connectivity index (χ1) is 8.99. The summed E-state index contributed by atoms with van der Waals surface area (Å²) in [6.45, 7) is 0. The Morgan fingerprint density at radius 1 is 1.37 bits per heavy atom. The molecule has 0 aliphatic heterocycles. The lowest BCUT2D eigenvalue weighted by atomic mass is 10.2. The van der Waals surface area contributed by atoms with Gasteiger partial charge in [-0.1, -0.05) is 11.6 Å². The van der Waals surface area contributed by atoms with Crippen LogP contribution in [0.3, 0.4) is 0 Å². The van der Waals surface area contributed by atoms with Gasteiger partial charge in [-0.3, -0.25) is 4.79 Å². The number of carbonyl (C=O) groups is 1. The molecule has 0 spiro atoms. The Balaban J connectivity index is 2.33. The minimum Gasteiger partial charge on any atom is -0.397 e. The number of nitrogens with zero attached hydrogens (tertiary/aromatic N) is 2. The van der Waals surface area contributed by atoms with Crippen LogP contribution < -0.4 is 10.6 Å². The van der Waals surface area contributed by atoms with E-state index >= 15 is 0 Å². The number of anilines is 2. The van der Waals surface area contributed by atoms with E-state index < -0.39 is 11.7 Å². The summed E-state index contributed by atoms with van der Waals surface area (Å²) in [6, 6.07) is 7.32. The van der Waals surface area contributed by atoms with Gasteiger partial charge in [0.15, 0.2) is 0 Å². The molecule has 6 heteroatoms. The van der Waals surface area contributed by atoms with Gasteiger partial charge in [-0.2, -0.15) is 0 Å². The second kappa shape index (κ2) is 5.24. The molecule has 0 fully saturated rings. The average Bonchev–Trinajstić information content (AvgIpc) is 2.41. The molecule has 2 N–H and O–H groups in total. The fourth-order valence-electron chi connectivity index (χ4n) is 1.59. The lowest BCUT2D eigenvalue weighted by Gasteiger charge is -2.19. The molecule has 2 aromatic rings. The smallest absolute Gasteiger partial charge is 0.276 e. The Hall–Kier alpha value is -2.14. The number of pyridine rings is 1. The minimum atomic E-state index is -0.499. The highest BCUT2D eigenvalue weighted by atomic mass is 35.5. The lowest BCUT2D eigenvalue weighted by Crippen LogP contribution is -2.27. The van der Waals surface area contributed by atoms with Crippen molar-refractivity contribution in [2.24, 2.45) is 0 Å². The second-order valence-electron chi connectivity index (χ2n) is 3.93. The third-order valence-electron chi connectivity index (χ3n) is 2.60. The normalized spacial score (nSPS) is 10.3. The van der Waals surface area contributed by atoms with Crippen LogP contribution in [0.5, 0.6) is 0 Å². The van der Waals surface area contributed by atoms with Crippen LogP contribution in [0.15, 0.2) is 36.5 Å². The SMILES string of the molecule is CN(C(=O)c1ccc(F)cn1)c1cc(Cl)ccc1N. The van der Waals surface area contributed by atoms with Crippen molar-refractivity contribution in [2.45, 2.75) is 0 Å². The predicted molar refractivity (Wildman–Crippen MR) is 72.8 cm³/mol. The molecule has 4 nitrogen and oxygen atoms in total. The molecule has 1 heterocycles. The third kappa shape index (κ3) is 2.82. The second-order valence-corrected chi connectivity index (χ2v) is 4.37. The van der Waals surface area contributed by atoms with E-state index in [2.05, 4.69) is 4.98 Å². The van der Waals surface area contributed by atoms with Crippen LogP contribution in [-0.4, -0.2) is 17.9 Å².